The number of hydrogen-bond donors (Lipinski definition) is 2. The number of rotatable bonds is 6. The maximum Gasteiger partial charge on any atom is 0.267 e. The molecule has 1 saturated carbocycles. The highest BCUT2D eigenvalue weighted by molar-refractivity contribution is 7.13. The van der Waals surface area contributed by atoms with Crippen molar-refractivity contribution in [3.05, 3.63) is 39.3 Å². The van der Waals surface area contributed by atoms with Crippen LogP contribution in [0, 0.1) is 12.8 Å². The Morgan fingerprint density at radius 3 is 2.68 bits per heavy atom. The number of thiazole rings is 1. The summed E-state index contributed by atoms with van der Waals surface area (Å²) in [6.07, 6.45) is 6.91. The van der Waals surface area contributed by atoms with Gasteiger partial charge in [-0.3, -0.25) is 9.59 Å². The number of aromatic nitrogens is 1. The average molecular weight is 399 g/mol. The Bertz CT molecular complexity index is 898. The Morgan fingerprint density at radius 1 is 1.25 bits per heavy atom. The van der Waals surface area contributed by atoms with Crippen molar-refractivity contribution in [3.63, 3.8) is 0 Å². The summed E-state index contributed by atoms with van der Waals surface area (Å²) < 4.78 is 0. The first-order chi connectivity index (χ1) is 13.5. The van der Waals surface area contributed by atoms with Crippen LogP contribution in [0.15, 0.2) is 18.2 Å². The quantitative estimate of drug-likeness (QED) is 0.776. The first kappa shape index (κ1) is 18.9. The van der Waals surface area contributed by atoms with Crippen LogP contribution in [0.2, 0.25) is 0 Å². The molecule has 1 aromatic heterocycles. The van der Waals surface area contributed by atoms with Gasteiger partial charge in [-0.25, -0.2) is 4.98 Å². The molecule has 7 heteroatoms. The summed E-state index contributed by atoms with van der Waals surface area (Å²) in [6.45, 7) is 3.68. The molecule has 1 aliphatic heterocycles. The highest BCUT2D eigenvalue weighted by Crippen LogP contribution is 2.34. The zero-order valence-electron chi connectivity index (χ0n) is 16.2. The topological polar surface area (TPSA) is 88.3 Å². The number of nitrogens with one attached hydrogen (secondary N) is 1. The molecule has 3 N–H and O–H groups in total. The molecule has 0 spiro atoms. The van der Waals surface area contributed by atoms with E-state index in [0.29, 0.717) is 16.1 Å². The molecule has 1 saturated heterocycles. The highest BCUT2D eigenvalue weighted by atomic mass is 32.1. The number of hydrogen-bond acceptors (Lipinski definition) is 5. The molecule has 0 atom stereocenters. The Labute approximate surface area is 169 Å². The average Bonchev–Trinajstić information content (AvgIpc) is 3.42. The van der Waals surface area contributed by atoms with E-state index < -0.39 is 5.91 Å². The van der Waals surface area contributed by atoms with Gasteiger partial charge in [0.05, 0.1) is 22.0 Å². The normalized spacial score (nSPS) is 16.8. The van der Waals surface area contributed by atoms with Crippen molar-refractivity contribution in [1.29, 1.82) is 0 Å². The highest BCUT2D eigenvalue weighted by Gasteiger charge is 2.25. The smallest absolute Gasteiger partial charge is 0.267 e. The second-order valence-corrected chi connectivity index (χ2v) is 8.85. The van der Waals surface area contributed by atoms with E-state index in [1.165, 1.54) is 30.6 Å². The molecule has 4 rings (SSSR count). The van der Waals surface area contributed by atoms with Gasteiger partial charge in [-0.2, -0.15) is 0 Å². The maximum absolute atomic E-state index is 12.8. The van der Waals surface area contributed by atoms with E-state index in [0.717, 1.165) is 54.7 Å². The number of carbonyl (C=O) groups is 2. The van der Waals surface area contributed by atoms with Crippen LogP contribution in [0.4, 0.5) is 11.4 Å². The van der Waals surface area contributed by atoms with Crippen molar-refractivity contribution in [1.82, 2.24) is 4.98 Å². The van der Waals surface area contributed by atoms with Crippen LogP contribution in [0.5, 0.6) is 0 Å². The molecule has 2 fully saturated rings. The van der Waals surface area contributed by atoms with E-state index in [2.05, 4.69) is 15.2 Å². The lowest BCUT2D eigenvalue weighted by atomic mass is 10.1. The number of benzene rings is 1. The predicted octanol–water partition coefficient (Wildman–Crippen LogP) is 3.75. The van der Waals surface area contributed by atoms with Gasteiger partial charge in [0, 0.05) is 25.2 Å². The molecular formula is C21H26N4O2S. The summed E-state index contributed by atoms with van der Waals surface area (Å²) in [6, 6.07) is 5.32. The number of anilines is 2. The lowest BCUT2D eigenvalue weighted by Gasteiger charge is -2.30. The zero-order valence-corrected chi connectivity index (χ0v) is 17.0. The van der Waals surface area contributed by atoms with Crippen LogP contribution in [0.3, 0.4) is 0 Å². The minimum atomic E-state index is -0.443. The van der Waals surface area contributed by atoms with Crippen LogP contribution in [0.25, 0.3) is 0 Å². The zero-order chi connectivity index (χ0) is 19.7. The summed E-state index contributed by atoms with van der Waals surface area (Å²) in [5, 5.41) is 4.02. The van der Waals surface area contributed by atoms with Crippen LogP contribution in [-0.2, 0) is 6.42 Å². The minimum absolute atomic E-state index is 0.145. The number of primary amides is 1. The number of amides is 2. The number of nitrogens with two attached hydrogens (primary N) is 1. The lowest BCUT2D eigenvalue weighted by molar-refractivity contribution is 0.0998. The summed E-state index contributed by atoms with van der Waals surface area (Å²) >= 11 is 1.49. The molecular weight excluding hydrogens is 372 g/mol. The molecule has 0 bridgehead atoms. The molecule has 2 amide bonds. The summed E-state index contributed by atoms with van der Waals surface area (Å²) in [4.78, 5) is 32.1. The summed E-state index contributed by atoms with van der Waals surface area (Å²) in [7, 11) is 0. The van der Waals surface area contributed by atoms with Gasteiger partial charge in [-0.15, -0.1) is 11.3 Å². The summed E-state index contributed by atoms with van der Waals surface area (Å²) in [5.74, 6) is 0.157. The molecule has 28 heavy (non-hydrogen) atoms. The van der Waals surface area contributed by atoms with Crippen LogP contribution >= 0.6 is 11.3 Å². The number of piperidine rings is 1. The van der Waals surface area contributed by atoms with Crippen molar-refractivity contribution in [3.8, 4) is 0 Å². The first-order valence-corrected chi connectivity index (χ1v) is 10.8. The van der Waals surface area contributed by atoms with E-state index in [4.69, 9.17) is 5.73 Å². The minimum Gasteiger partial charge on any atom is -0.371 e. The molecule has 0 radical (unpaired) electrons. The van der Waals surface area contributed by atoms with Gasteiger partial charge in [0.2, 0.25) is 0 Å². The van der Waals surface area contributed by atoms with Gasteiger partial charge in [0.15, 0.2) is 0 Å². The molecule has 2 aromatic rings. The fraction of sp³-hybridized carbons (Fsp3) is 0.476. The number of nitrogens with zero attached hydrogens (tertiary/aromatic N) is 2. The molecule has 2 aliphatic rings. The van der Waals surface area contributed by atoms with E-state index in [-0.39, 0.29) is 5.91 Å². The molecule has 1 aromatic carbocycles. The second kappa shape index (κ2) is 7.91. The van der Waals surface area contributed by atoms with Crippen LogP contribution in [0.1, 0.15) is 62.8 Å². The van der Waals surface area contributed by atoms with E-state index >= 15 is 0 Å². The SMILES string of the molecule is Cc1nc(CC2CC2)sc1C(=O)Nc1ccc(C(N)=O)c(N2CCCCC2)c1. The predicted molar refractivity (Wildman–Crippen MR) is 112 cm³/mol. The van der Waals surface area contributed by atoms with Gasteiger partial charge >= 0.3 is 0 Å². The maximum atomic E-state index is 12.8. The molecule has 2 heterocycles. The Morgan fingerprint density at radius 2 is 2.00 bits per heavy atom. The van der Waals surface area contributed by atoms with Gasteiger partial charge in [-0.05, 0) is 63.1 Å². The van der Waals surface area contributed by atoms with Gasteiger partial charge < -0.3 is 16.0 Å². The van der Waals surface area contributed by atoms with Gasteiger partial charge in [0.1, 0.15) is 4.88 Å². The Hall–Kier alpha value is -2.41. The fourth-order valence-electron chi connectivity index (χ4n) is 3.72. The number of carbonyl (C=O) groups excluding carboxylic acids is 2. The largest absolute Gasteiger partial charge is 0.371 e. The van der Waals surface area contributed by atoms with Gasteiger partial charge in [0.25, 0.3) is 11.8 Å². The van der Waals surface area contributed by atoms with Crippen molar-refractivity contribution in [2.24, 2.45) is 11.7 Å². The Balaban J connectivity index is 1.54. The lowest BCUT2D eigenvalue weighted by Crippen LogP contribution is -2.31. The van der Waals surface area contributed by atoms with Crippen molar-refractivity contribution in [2.45, 2.75) is 45.4 Å². The third-order valence-electron chi connectivity index (χ3n) is 5.43. The third kappa shape index (κ3) is 4.19. The fourth-order valence-corrected chi connectivity index (χ4v) is 4.80. The molecule has 6 nitrogen and oxygen atoms in total. The van der Waals surface area contributed by atoms with E-state index in [1.807, 2.05) is 13.0 Å². The van der Waals surface area contributed by atoms with Crippen molar-refractivity contribution >= 4 is 34.5 Å². The van der Waals surface area contributed by atoms with Crippen molar-refractivity contribution in [2.75, 3.05) is 23.3 Å². The first-order valence-electron chi connectivity index (χ1n) is 9.97. The van der Waals surface area contributed by atoms with Crippen molar-refractivity contribution < 1.29 is 9.59 Å². The molecule has 148 valence electrons. The van der Waals surface area contributed by atoms with Crippen LogP contribution < -0.4 is 16.0 Å². The Kier molecular flexibility index (Phi) is 5.35. The standard InChI is InChI=1S/C21H26N4O2S/c1-13-19(28-18(23-13)11-14-5-6-14)21(27)24-15-7-8-16(20(22)26)17(12-15)25-9-3-2-4-10-25/h7-8,12,14H,2-6,9-11H2,1H3,(H2,22,26)(H,24,27). The second-order valence-electron chi connectivity index (χ2n) is 7.77. The van der Waals surface area contributed by atoms with E-state index in [1.54, 1.807) is 12.1 Å². The van der Waals surface area contributed by atoms with E-state index in [9.17, 15) is 9.59 Å². The molecule has 1 aliphatic carbocycles. The van der Waals surface area contributed by atoms with Gasteiger partial charge in [-0.1, -0.05) is 0 Å². The van der Waals surface area contributed by atoms with Crippen LogP contribution in [-0.4, -0.2) is 29.9 Å². The third-order valence-corrected chi connectivity index (χ3v) is 6.60. The monoisotopic (exact) mass is 398 g/mol. The number of aryl methyl sites for hydroxylation is 1. The molecule has 0 unspecified atom stereocenters. The summed E-state index contributed by atoms with van der Waals surface area (Å²) in [5.41, 5.74) is 8.33.